The third kappa shape index (κ3) is 2.67. The predicted octanol–water partition coefficient (Wildman–Crippen LogP) is 1.36. The molecular formula is C8H14ClN3O. The second kappa shape index (κ2) is 5.19. The van der Waals surface area contributed by atoms with E-state index in [-0.39, 0.29) is 0 Å². The van der Waals surface area contributed by atoms with Gasteiger partial charge in [0, 0.05) is 6.61 Å². The Bertz CT molecular complexity index is 262. The van der Waals surface area contributed by atoms with Crippen LogP contribution in [0.5, 0.6) is 0 Å². The zero-order valence-electron chi connectivity index (χ0n) is 7.96. The molecule has 0 aliphatic rings. The first-order valence-corrected chi connectivity index (χ1v) is 4.85. The molecule has 0 aromatic carbocycles. The Kier molecular flexibility index (Phi) is 4.18. The SMILES string of the molecule is CCOCCn1nnc(CCl)c1C. The minimum Gasteiger partial charge on any atom is -0.380 e. The van der Waals surface area contributed by atoms with Crippen molar-refractivity contribution in [3.05, 3.63) is 11.4 Å². The molecule has 13 heavy (non-hydrogen) atoms. The summed E-state index contributed by atoms with van der Waals surface area (Å²) in [5, 5.41) is 7.90. The average molecular weight is 204 g/mol. The van der Waals surface area contributed by atoms with Crippen LogP contribution in [-0.4, -0.2) is 28.2 Å². The van der Waals surface area contributed by atoms with E-state index in [0.717, 1.165) is 24.5 Å². The number of rotatable bonds is 5. The van der Waals surface area contributed by atoms with Gasteiger partial charge >= 0.3 is 0 Å². The number of alkyl halides is 1. The molecule has 0 atom stereocenters. The number of ether oxygens (including phenoxy) is 1. The highest BCUT2D eigenvalue weighted by atomic mass is 35.5. The largest absolute Gasteiger partial charge is 0.380 e. The molecule has 0 N–H and O–H groups in total. The Labute approximate surface area is 82.8 Å². The summed E-state index contributed by atoms with van der Waals surface area (Å²) in [6.07, 6.45) is 0. The summed E-state index contributed by atoms with van der Waals surface area (Å²) in [5.74, 6) is 0.417. The molecule has 4 nitrogen and oxygen atoms in total. The molecule has 0 saturated heterocycles. The second-order valence-electron chi connectivity index (χ2n) is 2.68. The van der Waals surface area contributed by atoms with Crippen LogP contribution in [0.1, 0.15) is 18.3 Å². The molecule has 1 aromatic rings. The van der Waals surface area contributed by atoms with Crippen molar-refractivity contribution < 1.29 is 4.74 Å². The van der Waals surface area contributed by atoms with E-state index in [2.05, 4.69) is 10.3 Å². The molecule has 1 aromatic heterocycles. The zero-order chi connectivity index (χ0) is 9.68. The van der Waals surface area contributed by atoms with E-state index < -0.39 is 0 Å². The molecule has 0 unspecified atom stereocenters. The number of nitrogens with zero attached hydrogens (tertiary/aromatic N) is 3. The lowest BCUT2D eigenvalue weighted by Gasteiger charge is -2.02. The van der Waals surface area contributed by atoms with Crippen LogP contribution < -0.4 is 0 Å². The molecule has 74 valence electrons. The third-order valence-electron chi connectivity index (χ3n) is 1.86. The first kappa shape index (κ1) is 10.5. The van der Waals surface area contributed by atoms with Crippen LogP contribution in [-0.2, 0) is 17.2 Å². The maximum absolute atomic E-state index is 5.66. The highest BCUT2D eigenvalue weighted by molar-refractivity contribution is 6.16. The number of halogens is 1. The van der Waals surface area contributed by atoms with E-state index in [9.17, 15) is 0 Å². The van der Waals surface area contributed by atoms with E-state index in [1.165, 1.54) is 0 Å². The molecule has 5 heteroatoms. The van der Waals surface area contributed by atoms with Crippen LogP contribution in [0.25, 0.3) is 0 Å². The lowest BCUT2D eigenvalue weighted by Crippen LogP contribution is -2.09. The summed E-state index contributed by atoms with van der Waals surface area (Å²) in [6, 6.07) is 0. The summed E-state index contributed by atoms with van der Waals surface area (Å²) in [5.41, 5.74) is 1.87. The summed E-state index contributed by atoms with van der Waals surface area (Å²) in [6.45, 7) is 6.07. The molecule has 0 saturated carbocycles. The van der Waals surface area contributed by atoms with Crippen molar-refractivity contribution in [2.75, 3.05) is 13.2 Å². The first-order valence-electron chi connectivity index (χ1n) is 4.32. The Morgan fingerprint density at radius 1 is 1.54 bits per heavy atom. The molecule has 0 aliphatic heterocycles. The smallest absolute Gasteiger partial charge is 0.100 e. The van der Waals surface area contributed by atoms with Gasteiger partial charge < -0.3 is 4.74 Å². The number of hydrogen-bond donors (Lipinski definition) is 0. The quantitative estimate of drug-likeness (QED) is 0.536. The molecule has 0 amide bonds. The Morgan fingerprint density at radius 3 is 2.85 bits per heavy atom. The molecule has 0 aliphatic carbocycles. The van der Waals surface area contributed by atoms with Crippen molar-refractivity contribution in [2.24, 2.45) is 0 Å². The van der Waals surface area contributed by atoms with Crippen LogP contribution in [0, 0.1) is 6.92 Å². The molecule has 1 rings (SSSR count). The van der Waals surface area contributed by atoms with Crippen LogP contribution >= 0.6 is 11.6 Å². The summed E-state index contributed by atoms with van der Waals surface area (Å²) < 4.78 is 7.03. The van der Waals surface area contributed by atoms with Gasteiger partial charge in [0.2, 0.25) is 0 Å². The van der Waals surface area contributed by atoms with Gasteiger partial charge in [-0.05, 0) is 13.8 Å². The van der Waals surface area contributed by atoms with Crippen LogP contribution in [0.3, 0.4) is 0 Å². The van der Waals surface area contributed by atoms with Crippen molar-refractivity contribution in [1.82, 2.24) is 15.0 Å². The van der Waals surface area contributed by atoms with Crippen LogP contribution in [0.4, 0.5) is 0 Å². The summed E-state index contributed by atoms with van der Waals surface area (Å²) >= 11 is 5.66. The van der Waals surface area contributed by atoms with E-state index >= 15 is 0 Å². The Balaban J connectivity index is 2.51. The molecule has 0 radical (unpaired) electrons. The van der Waals surface area contributed by atoms with Crippen LogP contribution in [0.2, 0.25) is 0 Å². The van der Waals surface area contributed by atoms with Crippen LogP contribution in [0.15, 0.2) is 0 Å². The molecule has 0 bridgehead atoms. The Hall–Kier alpha value is -0.610. The van der Waals surface area contributed by atoms with E-state index in [1.807, 2.05) is 18.5 Å². The minimum absolute atomic E-state index is 0.417. The number of aromatic nitrogens is 3. The molecular weight excluding hydrogens is 190 g/mol. The fourth-order valence-corrected chi connectivity index (χ4v) is 1.27. The van der Waals surface area contributed by atoms with Gasteiger partial charge in [0.1, 0.15) is 5.69 Å². The maximum Gasteiger partial charge on any atom is 0.100 e. The predicted molar refractivity (Wildman–Crippen MR) is 50.8 cm³/mol. The van der Waals surface area contributed by atoms with Gasteiger partial charge in [-0.2, -0.15) is 0 Å². The van der Waals surface area contributed by atoms with E-state index in [1.54, 1.807) is 0 Å². The highest BCUT2D eigenvalue weighted by Crippen LogP contribution is 2.05. The zero-order valence-corrected chi connectivity index (χ0v) is 8.71. The van der Waals surface area contributed by atoms with Crippen molar-refractivity contribution in [3.8, 4) is 0 Å². The van der Waals surface area contributed by atoms with Gasteiger partial charge in [-0.1, -0.05) is 5.21 Å². The van der Waals surface area contributed by atoms with Gasteiger partial charge in [-0.25, -0.2) is 4.68 Å². The van der Waals surface area contributed by atoms with Gasteiger partial charge in [0.25, 0.3) is 0 Å². The summed E-state index contributed by atoms with van der Waals surface area (Å²) in [7, 11) is 0. The average Bonchev–Trinajstić information content (AvgIpc) is 2.48. The van der Waals surface area contributed by atoms with Gasteiger partial charge in [0.05, 0.1) is 24.7 Å². The van der Waals surface area contributed by atoms with Gasteiger partial charge in [0.15, 0.2) is 0 Å². The lowest BCUT2D eigenvalue weighted by atomic mass is 10.4. The van der Waals surface area contributed by atoms with E-state index in [4.69, 9.17) is 16.3 Å². The lowest BCUT2D eigenvalue weighted by molar-refractivity contribution is 0.135. The maximum atomic E-state index is 5.66. The molecule has 0 spiro atoms. The monoisotopic (exact) mass is 203 g/mol. The van der Waals surface area contributed by atoms with Gasteiger partial charge in [-0.3, -0.25) is 0 Å². The topological polar surface area (TPSA) is 39.9 Å². The molecule has 0 fully saturated rings. The fourth-order valence-electron chi connectivity index (χ4n) is 1.03. The Morgan fingerprint density at radius 2 is 2.31 bits per heavy atom. The fraction of sp³-hybridized carbons (Fsp3) is 0.750. The number of hydrogen-bond acceptors (Lipinski definition) is 3. The highest BCUT2D eigenvalue weighted by Gasteiger charge is 2.05. The molecule has 1 heterocycles. The first-order chi connectivity index (χ1) is 6.29. The minimum atomic E-state index is 0.417. The standard InChI is InChI=1S/C8H14ClN3O/c1-3-13-5-4-12-7(2)8(6-9)10-11-12/h3-6H2,1-2H3. The summed E-state index contributed by atoms with van der Waals surface area (Å²) in [4.78, 5) is 0. The van der Waals surface area contributed by atoms with Crippen molar-refractivity contribution in [3.63, 3.8) is 0 Å². The van der Waals surface area contributed by atoms with Crippen molar-refractivity contribution in [2.45, 2.75) is 26.3 Å². The van der Waals surface area contributed by atoms with Gasteiger partial charge in [-0.15, -0.1) is 16.7 Å². The normalized spacial score (nSPS) is 10.7. The third-order valence-corrected chi connectivity index (χ3v) is 2.11. The van der Waals surface area contributed by atoms with E-state index in [0.29, 0.717) is 12.5 Å². The van der Waals surface area contributed by atoms with Crippen molar-refractivity contribution in [1.29, 1.82) is 0 Å². The van der Waals surface area contributed by atoms with Crippen molar-refractivity contribution >= 4 is 11.6 Å². The second-order valence-corrected chi connectivity index (χ2v) is 2.94.